The summed E-state index contributed by atoms with van der Waals surface area (Å²) < 4.78 is 5.09. The standard InChI is InChI=1S/C12H16O4S/c1-3-12(4-2,10(13)14)11(15)16-8-9-6-5-7-17-9/h5-7H,3-4,8H2,1-2H3,(H,13,14). The van der Waals surface area contributed by atoms with Crippen LogP contribution in [0.5, 0.6) is 0 Å². The lowest BCUT2D eigenvalue weighted by molar-refractivity contribution is -0.170. The first-order valence-electron chi connectivity index (χ1n) is 5.49. The predicted molar refractivity (Wildman–Crippen MR) is 64.8 cm³/mol. The molecular weight excluding hydrogens is 240 g/mol. The fourth-order valence-corrected chi connectivity index (χ4v) is 2.21. The SMILES string of the molecule is CCC(CC)(C(=O)O)C(=O)OCc1cccs1. The van der Waals surface area contributed by atoms with Gasteiger partial charge in [-0.3, -0.25) is 9.59 Å². The molecule has 5 heteroatoms. The third kappa shape index (κ3) is 2.85. The van der Waals surface area contributed by atoms with Crippen LogP contribution in [0.25, 0.3) is 0 Å². The zero-order valence-corrected chi connectivity index (χ0v) is 10.8. The number of hydrogen-bond acceptors (Lipinski definition) is 4. The topological polar surface area (TPSA) is 63.6 Å². The number of carboxylic acid groups (broad SMARTS) is 1. The van der Waals surface area contributed by atoms with E-state index in [0.717, 1.165) is 4.88 Å². The molecule has 0 fully saturated rings. The van der Waals surface area contributed by atoms with Crippen LogP contribution < -0.4 is 0 Å². The van der Waals surface area contributed by atoms with E-state index in [-0.39, 0.29) is 19.4 Å². The van der Waals surface area contributed by atoms with Gasteiger partial charge in [-0.05, 0) is 24.3 Å². The Hall–Kier alpha value is -1.36. The van der Waals surface area contributed by atoms with Crippen molar-refractivity contribution in [2.24, 2.45) is 5.41 Å². The molecular formula is C12H16O4S. The second-order valence-corrected chi connectivity index (χ2v) is 4.78. The van der Waals surface area contributed by atoms with E-state index in [1.165, 1.54) is 11.3 Å². The highest BCUT2D eigenvalue weighted by molar-refractivity contribution is 7.09. The Bertz CT molecular complexity index is 379. The molecule has 0 aliphatic heterocycles. The minimum absolute atomic E-state index is 0.144. The Labute approximate surface area is 104 Å². The number of carbonyl (C=O) groups is 2. The van der Waals surface area contributed by atoms with Crippen LogP contribution in [0, 0.1) is 5.41 Å². The largest absolute Gasteiger partial charge is 0.480 e. The number of carbonyl (C=O) groups excluding carboxylic acids is 1. The highest BCUT2D eigenvalue weighted by Crippen LogP contribution is 2.29. The molecule has 94 valence electrons. The molecule has 0 saturated carbocycles. The van der Waals surface area contributed by atoms with E-state index in [2.05, 4.69) is 0 Å². The molecule has 1 N–H and O–H groups in total. The van der Waals surface area contributed by atoms with Crippen molar-refractivity contribution in [1.29, 1.82) is 0 Å². The van der Waals surface area contributed by atoms with Gasteiger partial charge >= 0.3 is 11.9 Å². The average Bonchev–Trinajstić information content (AvgIpc) is 2.81. The van der Waals surface area contributed by atoms with Gasteiger partial charge < -0.3 is 9.84 Å². The van der Waals surface area contributed by atoms with Crippen molar-refractivity contribution in [2.45, 2.75) is 33.3 Å². The third-order valence-corrected chi connectivity index (χ3v) is 3.78. The summed E-state index contributed by atoms with van der Waals surface area (Å²) in [5.41, 5.74) is -1.41. The van der Waals surface area contributed by atoms with Crippen LogP contribution in [0.4, 0.5) is 0 Å². The Morgan fingerprint density at radius 3 is 2.47 bits per heavy atom. The molecule has 0 bridgehead atoms. The molecule has 1 rings (SSSR count). The van der Waals surface area contributed by atoms with Crippen LogP contribution in [-0.4, -0.2) is 17.0 Å². The highest BCUT2D eigenvalue weighted by atomic mass is 32.1. The van der Waals surface area contributed by atoms with Gasteiger partial charge in [-0.1, -0.05) is 19.9 Å². The third-order valence-electron chi connectivity index (χ3n) is 2.93. The van der Waals surface area contributed by atoms with Crippen molar-refractivity contribution in [1.82, 2.24) is 0 Å². The minimum atomic E-state index is -1.41. The van der Waals surface area contributed by atoms with Crippen molar-refractivity contribution in [2.75, 3.05) is 0 Å². The number of hydrogen-bond donors (Lipinski definition) is 1. The van der Waals surface area contributed by atoms with Gasteiger partial charge in [0.05, 0.1) is 0 Å². The monoisotopic (exact) mass is 256 g/mol. The first-order valence-corrected chi connectivity index (χ1v) is 6.37. The summed E-state index contributed by atoms with van der Waals surface area (Å²) in [6.45, 7) is 3.51. The number of thiophene rings is 1. The quantitative estimate of drug-likeness (QED) is 0.628. The fourth-order valence-electron chi connectivity index (χ4n) is 1.60. The van der Waals surface area contributed by atoms with Gasteiger partial charge in [-0.2, -0.15) is 0 Å². The highest BCUT2D eigenvalue weighted by Gasteiger charge is 2.44. The molecule has 0 radical (unpaired) electrons. The molecule has 1 aromatic heterocycles. The Morgan fingerprint density at radius 1 is 1.41 bits per heavy atom. The lowest BCUT2D eigenvalue weighted by Gasteiger charge is -2.23. The molecule has 0 atom stereocenters. The number of ether oxygens (including phenoxy) is 1. The summed E-state index contributed by atoms with van der Waals surface area (Å²) in [7, 11) is 0. The van der Waals surface area contributed by atoms with Gasteiger partial charge in [-0.15, -0.1) is 11.3 Å². The van der Waals surface area contributed by atoms with Crippen LogP contribution in [-0.2, 0) is 20.9 Å². The first-order chi connectivity index (χ1) is 8.06. The van der Waals surface area contributed by atoms with Gasteiger partial charge in [0, 0.05) is 4.88 Å². The van der Waals surface area contributed by atoms with E-state index in [0.29, 0.717) is 0 Å². The van der Waals surface area contributed by atoms with Gasteiger partial charge in [0.15, 0.2) is 5.41 Å². The normalized spacial score (nSPS) is 11.2. The summed E-state index contributed by atoms with van der Waals surface area (Å²) in [6.07, 6.45) is 0.476. The van der Waals surface area contributed by atoms with Gasteiger partial charge in [0.1, 0.15) is 6.61 Å². The summed E-state index contributed by atoms with van der Waals surface area (Å²) in [6, 6.07) is 3.70. The number of aliphatic carboxylic acids is 1. The Kier molecular flexibility index (Phi) is 4.69. The molecule has 0 saturated heterocycles. The minimum Gasteiger partial charge on any atom is -0.480 e. The van der Waals surface area contributed by atoms with Crippen LogP contribution >= 0.6 is 11.3 Å². The maximum Gasteiger partial charge on any atom is 0.323 e. The number of esters is 1. The maximum absolute atomic E-state index is 11.9. The molecule has 0 spiro atoms. The van der Waals surface area contributed by atoms with Crippen LogP contribution in [0.2, 0.25) is 0 Å². The second kappa shape index (κ2) is 5.82. The number of rotatable bonds is 6. The zero-order chi connectivity index (χ0) is 12.9. The average molecular weight is 256 g/mol. The van der Waals surface area contributed by atoms with E-state index < -0.39 is 17.4 Å². The molecule has 1 aromatic rings. The molecule has 4 nitrogen and oxygen atoms in total. The molecule has 1 heterocycles. The summed E-state index contributed by atoms with van der Waals surface area (Å²) in [4.78, 5) is 24.0. The zero-order valence-electron chi connectivity index (χ0n) is 9.93. The summed E-state index contributed by atoms with van der Waals surface area (Å²) in [5.74, 6) is -1.76. The van der Waals surface area contributed by atoms with Crippen molar-refractivity contribution in [3.05, 3.63) is 22.4 Å². The Morgan fingerprint density at radius 2 is 2.06 bits per heavy atom. The van der Waals surface area contributed by atoms with Crippen molar-refractivity contribution in [3.63, 3.8) is 0 Å². The van der Waals surface area contributed by atoms with Gasteiger partial charge in [0.2, 0.25) is 0 Å². The van der Waals surface area contributed by atoms with Gasteiger partial charge in [-0.25, -0.2) is 0 Å². The smallest absolute Gasteiger partial charge is 0.323 e. The van der Waals surface area contributed by atoms with Crippen LogP contribution in [0.1, 0.15) is 31.6 Å². The fraction of sp³-hybridized carbons (Fsp3) is 0.500. The van der Waals surface area contributed by atoms with Gasteiger partial charge in [0.25, 0.3) is 0 Å². The summed E-state index contributed by atoms with van der Waals surface area (Å²) in [5, 5.41) is 11.0. The van der Waals surface area contributed by atoms with E-state index in [4.69, 9.17) is 9.84 Å². The molecule has 0 unspecified atom stereocenters. The van der Waals surface area contributed by atoms with Crippen molar-refractivity contribution >= 4 is 23.3 Å². The van der Waals surface area contributed by atoms with E-state index in [1.807, 2.05) is 17.5 Å². The van der Waals surface area contributed by atoms with Crippen molar-refractivity contribution < 1.29 is 19.4 Å². The molecule has 0 aromatic carbocycles. The molecule has 0 amide bonds. The van der Waals surface area contributed by atoms with E-state index in [9.17, 15) is 9.59 Å². The molecule has 17 heavy (non-hydrogen) atoms. The summed E-state index contributed by atoms with van der Waals surface area (Å²) >= 11 is 1.47. The Balaban J connectivity index is 2.69. The lowest BCUT2D eigenvalue weighted by atomic mass is 9.82. The van der Waals surface area contributed by atoms with E-state index >= 15 is 0 Å². The second-order valence-electron chi connectivity index (χ2n) is 3.75. The van der Waals surface area contributed by atoms with Crippen LogP contribution in [0.3, 0.4) is 0 Å². The molecule has 0 aliphatic rings. The van der Waals surface area contributed by atoms with E-state index in [1.54, 1.807) is 13.8 Å². The van der Waals surface area contributed by atoms with Crippen molar-refractivity contribution in [3.8, 4) is 0 Å². The predicted octanol–water partition coefficient (Wildman–Crippen LogP) is 2.68. The number of carboxylic acids is 1. The molecule has 0 aliphatic carbocycles. The maximum atomic E-state index is 11.9. The van der Waals surface area contributed by atoms with Crippen LogP contribution in [0.15, 0.2) is 17.5 Å². The first kappa shape index (κ1) is 13.7. The lowest BCUT2D eigenvalue weighted by Crippen LogP contribution is -2.39.